The van der Waals surface area contributed by atoms with Crippen molar-refractivity contribution in [2.45, 2.75) is 19.3 Å². The summed E-state index contributed by atoms with van der Waals surface area (Å²) in [6, 6.07) is 5.47. The quantitative estimate of drug-likeness (QED) is 0.602. The molecule has 0 aromatic carbocycles. The van der Waals surface area contributed by atoms with Crippen molar-refractivity contribution in [2.24, 2.45) is 0 Å². The summed E-state index contributed by atoms with van der Waals surface area (Å²) in [4.78, 5) is 13.1. The Balaban J connectivity index is 1.93. The average molecular weight is 383 g/mol. The van der Waals surface area contributed by atoms with Crippen molar-refractivity contribution in [1.29, 1.82) is 0 Å². The minimum atomic E-state index is 0.379. The summed E-state index contributed by atoms with van der Waals surface area (Å²) in [6.45, 7) is 0. The first-order chi connectivity index (χ1) is 11.7. The van der Waals surface area contributed by atoms with Gasteiger partial charge in [-0.1, -0.05) is 23.2 Å². The molecule has 0 aliphatic heterocycles. The van der Waals surface area contributed by atoms with Crippen LogP contribution >= 0.6 is 34.8 Å². The van der Waals surface area contributed by atoms with Crippen LogP contribution in [0.15, 0.2) is 36.8 Å². The summed E-state index contributed by atoms with van der Waals surface area (Å²) in [7, 11) is 0. The number of rotatable bonds is 6. The minimum absolute atomic E-state index is 0.379. The van der Waals surface area contributed by atoms with Gasteiger partial charge in [-0.2, -0.15) is 5.10 Å². The van der Waals surface area contributed by atoms with Crippen LogP contribution in [-0.2, 0) is 12.8 Å². The van der Waals surface area contributed by atoms with E-state index in [0.29, 0.717) is 28.3 Å². The molecule has 3 rings (SSSR count). The van der Waals surface area contributed by atoms with Gasteiger partial charge in [0.25, 0.3) is 0 Å². The van der Waals surface area contributed by atoms with E-state index in [-0.39, 0.29) is 0 Å². The largest absolute Gasteiger partial charge is 0.256 e. The Labute approximate surface area is 154 Å². The number of hydrogen-bond acceptors (Lipinski definition) is 4. The predicted octanol–water partition coefficient (Wildman–Crippen LogP) is 4.13. The normalized spacial score (nSPS) is 11.0. The van der Waals surface area contributed by atoms with E-state index in [4.69, 9.17) is 34.8 Å². The maximum absolute atomic E-state index is 6.23. The number of alkyl halides is 1. The smallest absolute Gasteiger partial charge is 0.172 e. The van der Waals surface area contributed by atoms with Gasteiger partial charge < -0.3 is 0 Å². The van der Waals surface area contributed by atoms with E-state index in [1.165, 1.54) is 0 Å². The Kier molecular flexibility index (Phi) is 5.66. The molecule has 0 fully saturated rings. The zero-order valence-corrected chi connectivity index (χ0v) is 14.9. The van der Waals surface area contributed by atoms with Gasteiger partial charge in [0.05, 0.1) is 28.3 Å². The second kappa shape index (κ2) is 7.92. The maximum atomic E-state index is 6.23. The Bertz CT molecular complexity index is 834. The lowest BCUT2D eigenvalue weighted by atomic mass is 10.1. The molecule has 0 aliphatic rings. The highest BCUT2D eigenvalue weighted by molar-refractivity contribution is 6.32. The third-order valence-electron chi connectivity index (χ3n) is 3.46. The molecule has 0 bridgehead atoms. The zero-order valence-electron chi connectivity index (χ0n) is 12.7. The van der Waals surface area contributed by atoms with E-state index in [1.807, 2.05) is 6.07 Å². The molecule has 5 nitrogen and oxygen atoms in total. The molecule has 0 radical (unpaired) electrons. The third kappa shape index (κ3) is 3.86. The predicted molar refractivity (Wildman–Crippen MR) is 95.3 cm³/mol. The number of aryl methyl sites for hydroxylation is 1. The first-order valence-electron chi connectivity index (χ1n) is 7.39. The summed E-state index contributed by atoms with van der Waals surface area (Å²) in [5.74, 6) is 1.15. The summed E-state index contributed by atoms with van der Waals surface area (Å²) in [5, 5.41) is 5.24. The van der Waals surface area contributed by atoms with Crippen LogP contribution in [0.1, 0.15) is 23.5 Å². The van der Waals surface area contributed by atoms with Gasteiger partial charge in [-0.15, -0.1) is 11.6 Å². The number of pyridine rings is 1. The van der Waals surface area contributed by atoms with E-state index in [1.54, 1.807) is 35.4 Å². The third-order valence-corrected chi connectivity index (χ3v) is 4.20. The van der Waals surface area contributed by atoms with Crippen molar-refractivity contribution < 1.29 is 0 Å². The molecule has 24 heavy (non-hydrogen) atoms. The molecular formula is C16H14Cl3N5. The van der Waals surface area contributed by atoms with Crippen LogP contribution in [-0.4, -0.2) is 30.6 Å². The fourth-order valence-corrected chi connectivity index (χ4v) is 2.86. The van der Waals surface area contributed by atoms with Gasteiger partial charge in [0.15, 0.2) is 5.82 Å². The number of hydrogen-bond donors (Lipinski definition) is 0. The fraction of sp³-hybridized carbons (Fsp3) is 0.250. The van der Waals surface area contributed by atoms with Crippen molar-refractivity contribution >= 4 is 34.8 Å². The van der Waals surface area contributed by atoms with Crippen LogP contribution in [0.25, 0.3) is 5.82 Å². The Morgan fingerprint density at radius 1 is 1.04 bits per heavy atom. The van der Waals surface area contributed by atoms with Crippen LogP contribution in [0.5, 0.6) is 0 Å². The van der Waals surface area contributed by atoms with Gasteiger partial charge in [-0.05, 0) is 31.0 Å². The van der Waals surface area contributed by atoms with Gasteiger partial charge >= 0.3 is 0 Å². The van der Waals surface area contributed by atoms with Crippen LogP contribution < -0.4 is 0 Å². The van der Waals surface area contributed by atoms with Gasteiger partial charge in [0, 0.05) is 24.7 Å². The SMILES string of the molecule is ClCCCc1nc(Cl)cnc1Cc1ccnn1-c1ncccc1Cl. The lowest BCUT2D eigenvalue weighted by Gasteiger charge is -2.10. The molecular weight excluding hydrogens is 369 g/mol. The second-order valence-electron chi connectivity index (χ2n) is 5.10. The Morgan fingerprint density at radius 2 is 1.92 bits per heavy atom. The summed E-state index contributed by atoms with van der Waals surface area (Å²) >= 11 is 18.0. The molecule has 0 N–H and O–H groups in total. The monoisotopic (exact) mass is 381 g/mol. The van der Waals surface area contributed by atoms with Crippen molar-refractivity contribution in [3.8, 4) is 5.82 Å². The van der Waals surface area contributed by atoms with Gasteiger partial charge in [-0.3, -0.25) is 4.98 Å². The number of halogens is 3. The molecule has 0 atom stereocenters. The standard InChI is InChI=1S/C16H14Cl3N5/c17-6-1-4-13-14(21-10-15(19)23-13)9-11-5-8-22-24(11)16-12(18)3-2-7-20-16/h2-3,5,7-8,10H,1,4,6,9H2. The molecule has 0 amide bonds. The highest BCUT2D eigenvalue weighted by Crippen LogP contribution is 2.21. The lowest BCUT2D eigenvalue weighted by molar-refractivity contribution is 0.776. The van der Waals surface area contributed by atoms with Crippen molar-refractivity contribution in [3.63, 3.8) is 0 Å². The van der Waals surface area contributed by atoms with Crippen LogP contribution in [0, 0.1) is 0 Å². The molecule has 3 aromatic heterocycles. The second-order valence-corrected chi connectivity index (χ2v) is 6.27. The van der Waals surface area contributed by atoms with Crippen molar-refractivity contribution in [2.75, 3.05) is 5.88 Å². The number of aromatic nitrogens is 5. The first kappa shape index (κ1) is 17.1. The molecule has 0 saturated carbocycles. The molecule has 3 heterocycles. The molecule has 8 heteroatoms. The summed E-state index contributed by atoms with van der Waals surface area (Å²) in [6.07, 6.45) is 7.03. The van der Waals surface area contributed by atoms with Crippen LogP contribution in [0.2, 0.25) is 10.2 Å². The van der Waals surface area contributed by atoms with Crippen LogP contribution in [0.3, 0.4) is 0 Å². The average Bonchev–Trinajstić information content (AvgIpc) is 3.03. The van der Waals surface area contributed by atoms with Gasteiger partial charge in [0.2, 0.25) is 0 Å². The van der Waals surface area contributed by atoms with E-state index < -0.39 is 0 Å². The van der Waals surface area contributed by atoms with Crippen molar-refractivity contribution in [3.05, 3.63) is 64.0 Å². The molecule has 0 unspecified atom stereocenters. The molecule has 124 valence electrons. The van der Waals surface area contributed by atoms with E-state index in [9.17, 15) is 0 Å². The van der Waals surface area contributed by atoms with Crippen molar-refractivity contribution in [1.82, 2.24) is 24.7 Å². The fourth-order valence-electron chi connectivity index (χ4n) is 2.37. The van der Waals surface area contributed by atoms with Gasteiger partial charge in [-0.25, -0.2) is 14.6 Å². The van der Waals surface area contributed by atoms with Gasteiger partial charge in [0.1, 0.15) is 5.15 Å². The molecule has 0 saturated heterocycles. The Morgan fingerprint density at radius 3 is 2.71 bits per heavy atom. The van der Waals surface area contributed by atoms with E-state index in [0.717, 1.165) is 29.9 Å². The maximum Gasteiger partial charge on any atom is 0.172 e. The molecule has 0 spiro atoms. The Hall–Kier alpha value is -1.69. The first-order valence-corrected chi connectivity index (χ1v) is 8.68. The highest BCUT2D eigenvalue weighted by Gasteiger charge is 2.14. The van der Waals surface area contributed by atoms with Crippen LogP contribution in [0.4, 0.5) is 0 Å². The highest BCUT2D eigenvalue weighted by atomic mass is 35.5. The van der Waals surface area contributed by atoms with E-state index in [2.05, 4.69) is 20.1 Å². The summed E-state index contributed by atoms with van der Waals surface area (Å²) in [5.41, 5.74) is 2.61. The minimum Gasteiger partial charge on any atom is -0.256 e. The zero-order chi connectivity index (χ0) is 16.9. The molecule has 3 aromatic rings. The molecule has 0 aliphatic carbocycles. The number of nitrogens with zero attached hydrogens (tertiary/aromatic N) is 5. The topological polar surface area (TPSA) is 56.5 Å². The summed E-state index contributed by atoms with van der Waals surface area (Å²) < 4.78 is 1.71. The lowest BCUT2D eigenvalue weighted by Crippen LogP contribution is -2.09. The van der Waals surface area contributed by atoms with E-state index >= 15 is 0 Å².